The summed E-state index contributed by atoms with van der Waals surface area (Å²) in [5.74, 6) is -0.669. The number of likely N-dealkylation sites (N-methyl/N-ethyl adjacent to an activating group) is 1. The van der Waals surface area contributed by atoms with Gasteiger partial charge in [-0.1, -0.05) is 66.7 Å². The SMILES string of the molecule is Cc1ccccc1/C=C/CN(C)C(=C(O)O)c1ccccc1. The second-order valence-corrected chi connectivity index (χ2v) is 5.18. The van der Waals surface area contributed by atoms with E-state index in [1.165, 1.54) is 5.56 Å². The van der Waals surface area contributed by atoms with E-state index < -0.39 is 5.95 Å². The Morgan fingerprint density at radius 3 is 2.27 bits per heavy atom. The van der Waals surface area contributed by atoms with Crippen LogP contribution in [0.3, 0.4) is 0 Å². The minimum Gasteiger partial charge on any atom is -0.480 e. The molecule has 2 aromatic rings. The lowest BCUT2D eigenvalue weighted by Crippen LogP contribution is -2.18. The molecule has 0 saturated heterocycles. The Balaban J connectivity index is 2.12. The number of nitrogens with zero attached hydrogens (tertiary/aromatic N) is 1. The number of hydrogen-bond acceptors (Lipinski definition) is 3. The lowest BCUT2D eigenvalue weighted by atomic mass is 10.1. The molecule has 0 aromatic heterocycles. The summed E-state index contributed by atoms with van der Waals surface area (Å²) in [5.41, 5.74) is 3.56. The Morgan fingerprint density at radius 2 is 1.64 bits per heavy atom. The van der Waals surface area contributed by atoms with Gasteiger partial charge in [-0.15, -0.1) is 0 Å². The number of aliphatic hydroxyl groups is 2. The van der Waals surface area contributed by atoms with Crippen LogP contribution in [0.25, 0.3) is 11.8 Å². The highest BCUT2D eigenvalue weighted by Crippen LogP contribution is 2.20. The Hall–Kier alpha value is -2.68. The lowest BCUT2D eigenvalue weighted by Gasteiger charge is -2.20. The van der Waals surface area contributed by atoms with E-state index in [1.807, 2.05) is 61.7 Å². The number of rotatable bonds is 5. The molecule has 0 aliphatic rings. The molecule has 22 heavy (non-hydrogen) atoms. The van der Waals surface area contributed by atoms with Crippen molar-refractivity contribution in [1.29, 1.82) is 0 Å². The van der Waals surface area contributed by atoms with Crippen molar-refractivity contribution in [2.75, 3.05) is 13.6 Å². The molecule has 0 radical (unpaired) electrons. The molecular formula is C19H21NO2. The minimum absolute atomic E-state index is 0.412. The van der Waals surface area contributed by atoms with Gasteiger partial charge in [-0.25, -0.2) is 0 Å². The lowest BCUT2D eigenvalue weighted by molar-refractivity contribution is 0.186. The maximum atomic E-state index is 9.57. The fourth-order valence-corrected chi connectivity index (χ4v) is 2.32. The first-order valence-electron chi connectivity index (χ1n) is 7.20. The van der Waals surface area contributed by atoms with Crippen LogP contribution in [-0.2, 0) is 0 Å². The Labute approximate surface area is 131 Å². The molecule has 3 nitrogen and oxygen atoms in total. The highest BCUT2D eigenvalue weighted by molar-refractivity contribution is 5.64. The summed E-state index contributed by atoms with van der Waals surface area (Å²) in [7, 11) is 1.83. The second kappa shape index (κ2) is 7.36. The van der Waals surface area contributed by atoms with Crippen molar-refractivity contribution < 1.29 is 10.2 Å². The molecule has 0 aliphatic heterocycles. The molecule has 0 amide bonds. The number of aliphatic hydroxyl groups excluding tert-OH is 1. The fraction of sp³-hybridized carbons (Fsp3) is 0.158. The maximum absolute atomic E-state index is 9.57. The zero-order valence-electron chi connectivity index (χ0n) is 12.9. The van der Waals surface area contributed by atoms with Crippen molar-refractivity contribution in [1.82, 2.24) is 4.90 Å². The zero-order chi connectivity index (χ0) is 15.9. The first-order chi connectivity index (χ1) is 10.6. The molecule has 0 atom stereocenters. The highest BCUT2D eigenvalue weighted by Gasteiger charge is 2.12. The highest BCUT2D eigenvalue weighted by atomic mass is 16.5. The molecule has 2 rings (SSSR count). The first-order valence-corrected chi connectivity index (χ1v) is 7.20. The molecule has 0 saturated carbocycles. The summed E-state index contributed by atoms with van der Waals surface area (Å²) in [6.45, 7) is 2.64. The maximum Gasteiger partial charge on any atom is 0.299 e. The van der Waals surface area contributed by atoms with E-state index in [0.717, 1.165) is 11.1 Å². The van der Waals surface area contributed by atoms with Gasteiger partial charge < -0.3 is 15.1 Å². The zero-order valence-corrected chi connectivity index (χ0v) is 12.9. The van der Waals surface area contributed by atoms with Crippen LogP contribution in [0, 0.1) is 6.92 Å². The van der Waals surface area contributed by atoms with Crippen LogP contribution >= 0.6 is 0 Å². The largest absolute Gasteiger partial charge is 0.480 e. The van der Waals surface area contributed by atoms with E-state index >= 15 is 0 Å². The van der Waals surface area contributed by atoms with Gasteiger partial charge in [-0.2, -0.15) is 0 Å². The summed E-state index contributed by atoms with van der Waals surface area (Å²) >= 11 is 0. The Bertz CT molecular complexity index is 671. The van der Waals surface area contributed by atoms with Crippen LogP contribution in [0.4, 0.5) is 0 Å². The van der Waals surface area contributed by atoms with E-state index in [0.29, 0.717) is 12.2 Å². The van der Waals surface area contributed by atoms with Crippen molar-refractivity contribution >= 4 is 11.8 Å². The molecule has 2 N–H and O–H groups in total. The Kier molecular flexibility index (Phi) is 5.26. The quantitative estimate of drug-likeness (QED) is 0.804. The van der Waals surface area contributed by atoms with Crippen molar-refractivity contribution in [3.8, 4) is 0 Å². The van der Waals surface area contributed by atoms with E-state index in [-0.39, 0.29) is 0 Å². The third kappa shape index (κ3) is 3.92. The molecule has 0 bridgehead atoms. The van der Waals surface area contributed by atoms with Gasteiger partial charge in [0.25, 0.3) is 5.95 Å². The third-order valence-corrected chi connectivity index (χ3v) is 3.51. The number of hydrogen-bond donors (Lipinski definition) is 2. The van der Waals surface area contributed by atoms with Crippen LogP contribution in [0.5, 0.6) is 0 Å². The molecule has 3 heteroatoms. The molecular weight excluding hydrogens is 274 g/mol. The predicted octanol–water partition coefficient (Wildman–Crippen LogP) is 4.38. The van der Waals surface area contributed by atoms with Crippen molar-refractivity contribution in [2.24, 2.45) is 0 Å². The average molecular weight is 295 g/mol. The minimum atomic E-state index is -0.669. The summed E-state index contributed by atoms with van der Waals surface area (Å²) in [4.78, 5) is 1.80. The third-order valence-electron chi connectivity index (χ3n) is 3.51. The van der Waals surface area contributed by atoms with Gasteiger partial charge in [0.05, 0.1) is 0 Å². The number of benzene rings is 2. The van der Waals surface area contributed by atoms with Gasteiger partial charge in [0.2, 0.25) is 0 Å². The molecule has 2 aromatic carbocycles. The second-order valence-electron chi connectivity index (χ2n) is 5.18. The summed E-state index contributed by atoms with van der Waals surface area (Å²) in [6.07, 6.45) is 4.05. The van der Waals surface area contributed by atoms with E-state index in [1.54, 1.807) is 4.90 Å². The summed E-state index contributed by atoms with van der Waals surface area (Å²) in [6, 6.07) is 17.5. The van der Waals surface area contributed by atoms with Gasteiger partial charge in [-0.05, 0) is 18.1 Å². The number of aryl methyl sites for hydroxylation is 1. The normalized spacial score (nSPS) is 10.6. The van der Waals surface area contributed by atoms with Crippen LogP contribution in [0.2, 0.25) is 0 Å². The van der Waals surface area contributed by atoms with E-state index in [9.17, 15) is 10.2 Å². The standard InChI is InChI=1S/C19H21NO2/c1-15-9-6-7-10-16(15)13-8-14-20(2)18(19(21)22)17-11-4-3-5-12-17/h3-13,21-22H,14H2,1-2H3/b13-8+. The molecule has 0 heterocycles. The van der Waals surface area contributed by atoms with Crippen molar-refractivity contribution in [3.63, 3.8) is 0 Å². The van der Waals surface area contributed by atoms with Gasteiger partial charge in [-0.3, -0.25) is 0 Å². The van der Waals surface area contributed by atoms with Crippen LogP contribution in [-0.4, -0.2) is 28.7 Å². The topological polar surface area (TPSA) is 43.7 Å². The summed E-state index contributed by atoms with van der Waals surface area (Å²) in [5, 5.41) is 19.1. The molecule has 114 valence electrons. The van der Waals surface area contributed by atoms with E-state index in [2.05, 4.69) is 19.1 Å². The van der Waals surface area contributed by atoms with Crippen LogP contribution in [0.1, 0.15) is 16.7 Å². The predicted molar refractivity (Wildman–Crippen MR) is 91.5 cm³/mol. The van der Waals surface area contributed by atoms with Crippen LogP contribution in [0.15, 0.2) is 66.6 Å². The Morgan fingerprint density at radius 1 is 1.00 bits per heavy atom. The van der Waals surface area contributed by atoms with E-state index in [4.69, 9.17) is 0 Å². The van der Waals surface area contributed by atoms with Gasteiger partial charge in [0.15, 0.2) is 0 Å². The van der Waals surface area contributed by atoms with Gasteiger partial charge in [0.1, 0.15) is 5.70 Å². The molecule has 0 unspecified atom stereocenters. The fourth-order valence-electron chi connectivity index (χ4n) is 2.32. The molecule has 0 spiro atoms. The van der Waals surface area contributed by atoms with Crippen molar-refractivity contribution in [2.45, 2.75) is 6.92 Å². The first kappa shape index (κ1) is 15.7. The molecule has 0 aliphatic carbocycles. The van der Waals surface area contributed by atoms with Gasteiger partial charge in [0, 0.05) is 19.2 Å². The average Bonchev–Trinajstić information content (AvgIpc) is 2.50. The summed E-state index contributed by atoms with van der Waals surface area (Å²) < 4.78 is 0. The van der Waals surface area contributed by atoms with Gasteiger partial charge >= 0.3 is 0 Å². The smallest absolute Gasteiger partial charge is 0.299 e. The van der Waals surface area contributed by atoms with Crippen molar-refractivity contribution in [3.05, 3.63) is 83.3 Å². The molecule has 0 fully saturated rings. The van der Waals surface area contributed by atoms with Crippen LogP contribution < -0.4 is 0 Å². The monoisotopic (exact) mass is 295 g/mol.